The van der Waals surface area contributed by atoms with Gasteiger partial charge in [0.1, 0.15) is 0 Å². The summed E-state index contributed by atoms with van der Waals surface area (Å²) in [4.78, 5) is 10.7. The molecule has 0 aliphatic rings. The van der Waals surface area contributed by atoms with E-state index in [-0.39, 0.29) is 27.4 Å². The Kier molecular flexibility index (Phi) is 9.44. The molecule has 0 saturated heterocycles. The molecule has 0 aliphatic carbocycles. The van der Waals surface area contributed by atoms with Crippen molar-refractivity contribution in [2.45, 2.75) is 19.8 Å². The Hall–Kier alpha value is 0.510. The van der Waals surface area contributed by atoms with Crippen molar-refractivity contribution in [1.29, 1.82) is 0 Å². The molecule has 1 unspecified atom stereocenters. The van der Waals surface area contributed by atoms with Crippen LogP contribution >= 0.6 is 11.8 Å². The summed E-state index contributed by atoms with van der Waals surface area (Å²) >= 11 is 1.70. The zero-order valence-corrected chi connectivity index (χ0v) is 10.9. The molecule has 5 heteroatoms. The summed E-state index contributed by atoms with van der Waals surface area (Å²) in [7, 11) is 0. The van der Waals surface area contributed by atoms with Gasteiger partial charge in [-0.05, 0) is 0 Å². The van der Waals surface area contributed by atoms with E-state index >= 15 is 0 Å². The number of nitrogens with two attached hydrogens (primary N) is 2. The van der Waals surface area contributed by atoms with Crippen LogP contribution in [-0.4, -0.2) is 21.8 Å². The van der Waals surface area contributed by atoms with Gasteiger partial charge in [0.25, 0.3) is 0 Å². The third-order valence-electron chi connectivity index (χ3n) is 1.67. The van der Waals surface area contributed by atoms with Crippen LogP contribution in [0.2, 0.25) is 0 Å². The second-order valence-corrected chi connectivity index (χ2v) is 5.99. The van der Waals surface area contributed by atoms with Crippen LogP contribution in [0.3, 0.4) is 0 Å². The van der Waals surface area contributed by atoms with Crippen LogP contribution in [0.1, 0.15) is 19.8 Å². The average Bonchev–Trinajstić information content (AvgIpc) is 2.04. The zero-order valence-electron chi connectivity index (χ0n) is 7.96. The van der Waals surface area contributed by atoms with Crippen molar-refractivity contribution in [3.8, 4) is 0 Å². The van der Waals surface area contributed by atoms with Crippen LogP contribution in [-0.2, 0) is 4.79 Å². The number of hydrogen-bond donors (Lipinski definition) is 2. The number of amides is 1. The minimum atomic E-state index is -0.204. The first-order valence-electron chi connectivity index (χ1n) is 4.34. The predicted octanol–water partition coefficient (Wildman–Crippen LogP) is -2.42. The maximum atomic E-state index is 10.7. The van der Waals surface area contributed by atoms with E-state index in [9.17, 15) is 4.79 Å². The Balaban J connectivity index is 3.59. The van der Waals surface area contributed by atoms with Gasteiger partial charge in [-0.2, -0.15) is 0 Å². The summed E-state index contributed by atoms with van der Waals surface area (Å²) in [6.45, 7) is 2.14. The van der Waals surface area contributed by atoms with Crippen molar-refractivity contribution in [2.24, 2.45) is 15.6 Å². The molecule has 0 bridgehead atoms. The summed E-state index contributed by atoms with van der Waals surface area (Å²) in [6, 6.07) is 0. The monoisotopic (exact) mass is 317 g/mol. The second-order valence-electron chi connectivity index (χ2n) is 2.83. The normalized spacial score (nSPS) is 13.1. The molecule has 1 atom stereocenters. The van der Waals surface area contributed by atoms with Gasteiger partial charge in [-0.1, -0.05) is 0 Å². The van der Waals surface area contributed by atoms with E-state index in [1.165, 1.54) is 0 Å². The molecule has 0 heterocycles. The Morgan fingerprint density at radius 1 is 1.62 bits per heavy atom. The molecule has 0 saturated carbocycles. The molecule has 4 N–H and O–H groups in total. The molecule has 3 nitrogen and oxygen atoms in total. The molecule has 0 aliphatic heterocycles. The van der Waals surface area contributed by atoms with Gasteiger partial charge in [-0.25, -0.2) is 0 Å². The van der Waals surface area contributed by atoms with Gasteiger partial charge in [0.15, 0.2) is 0 Å². The van der Waals surface area contributed by atoms with E-state index in [1.54, 1.807) is 0 Å². The quantitative estimate of drug-likeness (QED) is 0.227. The fourth-order valence-electron chi connectivity index (χ4n) is 1.04. The zero-order chi connectivity index (χ0) is 10.1. The van der Waals surface area contributed by atoms with Gasteiger partial charge in [0, 0.05) is 0 Å². The SMILES string of the molecule is CCSCCC(C[I-]N)CC(N)=O. The predicted molar refractivity (Wildman–Crippen MR) is 54.0 cm³/mol. The number of alkyl halides is 1. The Labute approximate surface area is 95.0 Å². The standard InChI is InChI=1S/C8H18IN2OS/c1-2-13-4-3-7(6-9-11)5-8(10)12/h7H,2-6,11H2,1H3,(H2,10,12)/q-1. The van der Waals surface area contributed by atoms with Crippen molar-refractivity contribution in [1.82, 2.24) is 0 Å². The number of primary amides is 1. The van der Waals surface area contributed by atoms with Gasteiger partial charge >= 0.3 is 95.2 Å². The molecule has 0 radical (unpaired) electrons. The van der Waals surface area contributed by atoms with Crippen LogP contribution in [0.15, 0.2) is 0 Å². The first kappa shape index (κ1) is 13.5. The van der Waals surface area contributed by atoms with E-state index < -0.39 is 0 Å². The Morgan fingerprint density at radius 2 is 2.31 bits per heavy atom. The summed E-state index contributed by atoms with van der Waals surface area (Å²) in [6.07, 6.45) is 1.60. The van der Waals surface area contributed by atoms with Gasteiger partial charge in [-0.15, -0.1) is 0 Å². The van der Waals surface area contributed by atoms with Crippen molar-refractivity contribution in [3.05, 3.63) is 0 Å². The second kappa shape index (κ2) is 9.08. The summed E-state index contributed by atoms with van der Waals surface area (Å²) in [5, 5.41) is 0. The molecule has 13 heavy (non-hydrogen) atoms. The third-order valence-corrected chi connectivity index (χ3v) is 4.36. The van der Waals surface area contributed by atoms with Crippen molar-refractivity contribution in [3.63, 3.8) is 0 Å². The maximum absolute atomic E-state index is 10.7. The van der Waals surface area contributed by atoms with Gasteiger partial charge in [-0.3, -0.25) is 0 Å². The van der Waals surface area contributed by atoms with Crippen molar-refractivity contribution >= 4 is 17.7 Å². The number of halogens is 1. The Bertz CT molecular complexity index is 146. The topological polar surface area (TPSA) is 69.1 Å². The minimum absolute atomic E-state index is 0.191. The van der Waals surface area contributed by atoms with E-state index in [0.29, 0.717) is 12.3 Å². The molecule has 0 aromatic rings. The number of hydrogen-bond acceptors (Lipinski definition) is 3. The molecule has 0 fully saturated rings. The average molecular weight is 317 g/mol. The first-order valence-corrected chi connectivity index (χ1v) is 8.27. The molecule has 80 valence electrons. The van der Waals surface area contributed by atoms with E-state index in [1.807, 2.05) is 11.8 Å². The molecule has 1 amide bonds. The third kappa shape index (κ3) is 8.83. The van der Waals surface area contributed by atoms with Crippen molar-refractivity contribution in [2.75, 3.05) is 15.9 Å². The fourth-order valence-corrected chi connectivity index (χ4v) is 3.30. The van der Waals surface area contributed by atoms with Crippen molar-refractivity contribution < 1.29 is 26.3 Å². The van der Waals surface area contributed by atoms with Crippen LogP contribution in [0, 0.1) is 5.92 Å². The molecule has 0 aromatic heterocycles. The van der Waals surface area contributed by atoms with Crippen LogP contribution in [0.25, 0.3) is 0 Å². The van der Waals surface area contributed by atoms with Gasteiger partial charge < -0.3 is 0 Å². The van der Waals surface area contributed by atoms with E-state index in [2.05, 4.69) is 6.92 Å². The van der Waals surface area contributed by atoms with Gasteiger partial charge in [0.05, 0.1) is 0 Å². The number of carbonyl (C=O) groups is 1. The van der Waals surface area contributed by atoms with Crippen LogP contribution in [0.4, 0.5) is 0 Å². The van der Waals surface area contributed by atoms with E-state index in [0.717, 1.165) is 22.4 Å². The molecule has 0 aromatic carbocycles. The molecular weight excluding hydrogens is 299 g/mol. The van der Waals surface area contributed by atoms with Gasteiger partial charge in [0.2, 0.25) is 0 Å². The Morgan fingerprint density at radius 3 is 2.77 bits per heavy atom. The van der Waals surface area contributed by atoms with E-state index in [4.69, 9.17) is 9.68 Å². The number of thioether (sulfide) groups is 1. The summed E-state index contributed by atoms with van der Waals surface area (Å²) in [5.74, 6) is 2.51. The number of rotatable bonds is 8. The fraction of sp³-hybridized carbons (Fsp3) is 0.875. The summed E-state index contributed by atoms with van der Waals surface area (Å²) < 4.78 is 6.58. The molecule has 0 rings (SSSR count). The first-order chi connectivity index (χ1) is 6.20. The van der Waals surface area contributed by atoms with Crippen LogP contribution < -0.4 is 31.2 Å². The van der Waals surface area contributed by atoms with Crippen LogP contribution in [0.5, 0.6) is 0 Å². The number of carbonyl (C=O) groups excluding carboxylic acids is 1. The molecule has 0 spiro atoms. The molecular formula is C8H18IN2OS-. The summed E-state index contributed by atoms with van der Waals surface area (Å²) in [5.41, 5.74) is 5.15.